The molecule has 72 heavy (non-hydrogen) atoms. The summed E-state index contributed by atoms with van der Waals surface area (Å²) < 4.78 is 210. The van der Waals surface area contributed by atoms with Crippen LogP contribution in [0, 0.1) is 13.8 Å². The molecular weight excluding hydrogens is 1130 g/mol. The zero-order chi connectivity index (χ0) is 51.5. The first kappa shape index (κ1) is 70.3. The molecule has 1 amide bonds. The van der Waals surface area contributed by atoms with Gasteiger partial charge in [0, 0.05) is 22.9 Å². The molecule has 0 aliphatic heterocycles. The van der Waals surface area contributed by atoms with Gasteiger partial charge in [-0.1, -0.05) is 0 Å². The average molecular weight is 1160 g/mol. The number of benzene rings is 4. The molecular formula is C34H33N5Na4O23S6. The molecule has 1 unspecified atom stereocenters. The van der Waals surface area contributed by atoms with E-state index in [-0.39, 0.29) is 152 Å². The van der Waals surface area contributed by atoms with Gasteiger partial charge in [0.25, 0.3) is 5.91 Å². The zero-order valence-corrected chi connectivity index (χ0v) is 52.0. The second kappa shape index (κ2) is 27.6. The molecule has 0 aliphatic rings. The van der Waals surface area contributed by atoms with Gasteiger partial charge in [0.1, 0.15) is 48.8 Å². The largest absolute Gasteiger partial charge is 1.00 e. The van der Waals surface area contributed by atoms with Crippen molar-refractivity contribution in [2.75, 3.05) is 44.3 Å². The second-order valence-corrected chi connectivity index (χ2v) is 22.5. The molecule has 0 saturated carbocycles. The van der Waals surface area contributed by atoms with Crippen LogP contribution in [0.25, 0.3) is 10.8 Å². The van der Waals surface area contributed by atoms with Gasteiger partial charge in [0.2, 0.25) is 26.8 Å². The van der Waals surface area contributed by atoms with E-state index in [1.807, 2.05) is 5.32 Å². The molecule has 0 radical (unpaired) electrons. The summed E-state index contributed by atoms with van der Waals surface area (Å²) in [5.41, 5.74) is -2.88. The van der Waals surface area contributed by atoms with E-state index in [9.17, 15) is 83.4 Å². The Labute approximate surface area is 500 Å². The van der Waals surface area contributed by atoms with Crippen LogP contribution in [0.2, 0.25) is 0 Å². The molecule has 2 N–H and O–H groups in total. The van der Waals surface area contributed by atoms with Crippen LogP contribution in [0.1, 0.15) is 18.1 Å². The van der Waals surface area contributed by atoms with Crippen molar-refractivity contribution < 1.29 is 219 Å². The number of hydrogen-bond donors (Lipinski definition) is 2. The summed E-state index contributed by atoms with van der Waals surface area (Å²) in [4.78, 5) is 22.3. The van der Waals surface area contributed by atoms with E-state index < -0.39 is 151 Å². The van der Waals surface area contributed by atoms with Crippen LogP contribution in [0.3, 0.4) is 0 Å². The molecule has 0 saturated heterocycles. The Kier molecular flexibility index (Phi) is 27.0. The Bertz CT molecular complexity index is 3490. The van der Waals surface area contributed by atoms with E-state index >= 15 is 0 Å². The number of ether oxygens (including phenoxy) is 2. The molecule has 0 spiro atoms. The van der Waals surface area contributed by atoms with E-state index in [0.717, 1.165) is 57.5 Å². The van der Waals surface area contributed by atoms with Gasteiger partial charge in [0.05, 0.1) is 64.2 Å². The number of aryl methyl sites for hydroxylation is 2. The van der Waals surface area contributed by atoms with Crippen LogP contribution >= 0.6 is 0 Å². The number of carbonyl (C=O) groups excluding carboxylic acids is 2. The van der Waals surface area contributed by atoms with E-state index in [1.54, 1.807) is 0 Å². The van der Waals surface area contributed by atoms with E-state index in [0.29, 0.717) is 6.07 Å². The van der Waals surface area contributed by atoms with Crippen molar-refractivity contribution in [1.82, 2.24) is 0 Å². The van der Waals surface area contributed by atoms with Crippen LogP contribution in [0.15, 0.2) is 82.5 Å². The van der Waals surface area contributed by atoms with Crippen LogP contribution in [0.4, 0.5) is 22.7 Å². The molecule has 38 heteroatoms. The van der Waals surface area contributed by atoms with Crippen LogP contribution in [0.5, 0.6) is 17.2 Å². The van der Waals surface area contributed by atoms with Crippen molar-refractivity contribution in [3.63, 3.8) is 0 Å². The number of azo groups is 2. The Morgan fingerprint density at radius 1 is 0.625 bits per heavy atom. The molecule has 0 heterocycles. The second-order valence-electron chi connectivity index (χ2n) is 13.6. The number of phenols is 1. The summed E-state index contributed by atoms with van der Waals surface area (Å²) in [6.07, 6.45) is 0. The maximum Gasteiger partial charge on any atom is 1.00 e. The summed E-state index contributed by atoms with van der Waals surface area (Å²) in [6, 6.07) is 3.61. The van der Waals surface area contributed by atoms with Crippen molar-refractivity contribution in [2.24, 2.45) is 20.5 Å². The fourth-order valence-corrected chi connectivity index (χ4v) is 10.9. The van der Waals surface area contributed by atoms with Crippen LogP contribution in [-0.2, 0) is 78.7 Å². The summed E-state index contributed by atoms with van der Waals surface area (Å²) in [6.45, 7) is 1.26. The fraction of sp³-hybridized carbons (Fsp3) is 0.294. The predicted molar refractivity (Wildman–Crippen MR) is 224 cm³/mol. The van der Waals surface area contributed by atoms with Gasteiger partial charge in [-0.25, -0.2) is 50.5 Å². The number of sulfone groups is 2. The predicted octanol–water partition coefficient (Wildman–Crippen LogP) is -10.4. The quantitative estimate of drug-likeness (QED) is 0.0257. The third kappa shape index (κ3) is 18.5. The first-order valence-corrected chi connectivity index (χ1v) is 26.8. The first-order chi connectivity index (χ1) is 31.1. The Morgan fingerprint density at radius 2 is 1.07 bits per heavy atom. The number of aromatic hydroxyl groups is 1. The molecule has 372 valence electrons. The number of phenolic OH excluding ortho intramolecular Hbond substituents is 1. The summed E-state index contributed by atoms with van der Waals surface area (Å²) >= 11 is 0. The minimum Gasteiger partial charge on any atom is -0.744 e. The molecule has 0 fully saturated rings. The third-order valence-corrected chi connectivity index (χ3v) is 15.2. The number of nitrogens with zero attached hydrogens (tertiary/aromatic N) is 4. The molecule has 0 aliphatic carbocycles. The number of amides is 1. The molecule has 4 rings (SSSR count). The standard InChI is InChI=1S/C34H37N5O23S6.4Na/c1-17-12-23(25(59-4)15-27(17)63(43,44)10-8-61-67(53,54)55)36-38-30(19(3)40)34(42)35-22-7-6-20-21(33(22)66(50,51)52)14-29(65(47,48)49)31(32(20)41)39-37-24-13-18(2)28(16-26(24)60-5)64(45,46)11-9-62-68(56,57)58;;;;/h6-7,12-16,30,41H,8-11H2,1-5H3,(H,35,42)(H,47,48,49)(H,50,51,52)(H,53,54,55)(H,56,57,58);;;;/q;4*+1/p-4. The maximum atomic E-state index is 13.5. The van der Waals surface area contributed by atoms with Crippen molar-refractivity contribution >= 4 is 106 Å². The summed E-state index contributed by atoms with van der Waals surface area (Å²) in [5, 5.41) is 26.4. The van der Waals surface area contributed by atoms with E-state index in [2.05, 4.69) is 28.8 Å². The van der Waals surface area contributed by atoms with Crippen LogP contribution in [-0.4, -0.2) is 130 Å². The molecule has 0 aromatic heterocycles. The monoisotopic (exact) mass is 1160 g/mol. The van der Waals surface area contributed by atoms with Crippen molar-refractivity contribution in [3.8, 4) is 17.2 Å². The smallest absolute Gasteiger partial charge is 0.744 e. The van der Waals surface area contributed by atoms with Crippen LogP contribution < -0.4 is 133 Å². The number of ketones is 1. The average Bonchev–Trinajstić information content (AvgIpc) is 3.18. The molecule has 4 aromatic rings. The van der Waals surface area contributed by atoms with Crippen molar-refractivity contribution in [3.05, 3.63) is 53.6 Å². The maximum absolute atomic E-state index is 13.5. The van der Waals surface area contributed by atoms with Gasteiger partial charge in [-0.15, -0.1) is 10.2 Å². The van der Waals surface area contributed by atoms with Gasteiger partial charge >= 0.3 is 118 Å². The van der Waals surface area contributed by atoms with Gasteiger partial charge < -0.3 is 38.1 Å². The summed E-state index contributed by atoms with van der Waals surface area (Å²) in [5.74, 6) is -6.45. The molecule has 1 atom stereocenters. The molecule has 4 aromatic carbocycles. The van der Waals surface area contributed by atoms with Crippen molar-refractivity contribution in [2.45, 2.75) is 46.4 Å². The zero-order valence-electron chi connectivity index (χ0n) is 39.1. The van der Waals surface area contributed by atoms with E-state index in [4.69, 9.17) is 9.47 Å². The topological polar surface area (TPSA) is 450 Å². The molecule has 28 nitrogen and oxygen atoms in total. The van der Waals surface area contributed by atoms with Gasteiger partial charge in [0.15, 0.2) is 31.2 Å². The Hall–Kier alpha value is -1.66. The van der Waals surface area contributed by atoms with Crippen molar-refractivity contribution in [1.29, 1.82) is 0 Å². The van der Waals surface area contributed by atoms with E-state index in [1.165, 1.54) is 13.8 Å². The normalized spacial score (nSPS) is 12.8. The van der Waals surface area contributed by atoms with Gasteiger partial charge in [-0.05, 0) is 62.2 Å². The molecule has 0 bridgehead atoms. The third-order valence-electron chi connectivity index (χ3n) is 8.92. The number of fused-ring (bicyclic) bond motifs is 1. The minimum atomic E-state index is -5.84. The Morgan fingerprint density at radius 3 is 1.46 bits per heavy atom. The fourth-order valence-electron chi connectivity index (χ4n) is 5.96. The first-order valence-electron chi connectivity index (χ1n) is 18.0. The number of carbonyl (C=O) groups is 2. The number of Topliss-reactive ketones (excluding diaryl/α,β-unsaturated/α-hetero) is 1. The van der Waals surface area contributed by atoms with Gasteiger partial charge in [-0.2, -0.15) is 10.2 Å². The number of nitrogens with one attached hydrogen (secondary N) is 1. The SMILES string of the molecule is COc1cc(S(=O)(=O)CCOS(=O)(=O)[O-])c(C)cc1N=Nc1c(S(=O)(=O)[O-])cc2c(S(=O)(=O)[O-])c(NC(=O)C(N=Nc3cc(C)c(S(=O)(=O)CCOS(=O)(=O)[O-])cc3OC)C(C)=O)ccc2c1O.[Na+].[Na+].[Na+].[Na+]. The Balaban J connectivity index is 0.0000126. The minimum absolute atomic E-state index is 0. The number of anilines is 1. The summed E-state index contributed by atoms with van der Waals surface area (Å²) in [7, 11) is -28.7. The van der Waals surface area contributed by atoms with Gasteiger partial charge in [-0.3, -0.25) is 18.0 Å². The number of methoxy groups -OCH3 is 2. The number of hydrogen-bond acceptors (Lipinski definition) is 27. The number of rotatable bonds is 21.